The van der Waals surface area contributed by atoms with Crippen LogP contribution in [-0.4, -0.2) is 39.1 Å². The Balaban J connectivity index is 1.81. The highest BCUT2D eigenvalue weighted by atomic mass is 16.7. The van der Waals surface area contributed by atoms with Crippen LogP contribution in [0, 0.1) is 0 Å². The molecule has 1 aliphatic heterocycles. The number of aromatic hydroxyl groups is 4. The number of hydrogen-bond acceptors (Lipinski definition) is 9. The Morgan fingerprint density at radius 3 is 2.17 bits per heavy atom. The molecule has 1 unspecified atom stereocenters. The molecule has 2 heterocycles. The lowest BCUT2D eigenvalue weighted by Gasteiger charge is -2.27. The summed E-state index contributed by atoms with van der Waals surface area (Å²) in [5, 5.41) is 38.6. The lowest BCUT2D eigenvalue weighted by molar-refractivity contribution is -0.138. The molecule has 0 saturated heterocycles. The molecule has 0 bridgehead atoms. The number of Topliss-reactive ketones (excluding diaryl/α,β-unsaturated/α-hetero) is 1. The fourth-order valence-corrected chi connectivity index (χ4v) is 3.80. The Morgan fingerprint density at radius 1 is 0.943 bits per heavy atom. The molecule has 180 valence electrons. The van der Waals surface area contributed by atoms with Crippen molar-refractivity contribution in [3.63, 3.8) is 0 Å². The van der Waals surface area contributed by atoms with Crippen LogP contribution in [-0.2, 0) is 9.53 Å². The largest absolute Gasteiger partial charge is 0.504 e. The van der Waals surface area contributed by atoms with Gasteiger partial charge in [-0.25, -0.2) is 4.79 Å². The van der Waals surface area contributed by atoms with Crippen LogP contribution in [0.3, 0.4) is 0 Å². The summed E-state index contributed by atoms with van der Waals surface area (Å²) in [5.74, 6) is -2.82. The van der Waals surface area contributed by atoms with Gasteiger partial charge >= 0.3 is 5.63 Å². The number of ether oxygens (including phenoxy) is 2. The Hall–Kier alpha value is -4.50. The molecule has 9 nitrogen and oxygen atoms in total. The van der Waals surface area contributed by atoms with Gasteiger partial charge in [-0.05, 0) is 54.5 Å². The van der Waals surface area contributed by atoms with Gasteiger partial charge in [0.25, 0.3) is 0 Å². The van der Waals surface area contributed by atoms with Crippen molar-refractivity contribution in [3.8, 4) is 28.7 Å². The van der Waals surface area contributed by atoms with E-state index in [1.165, 1.54) is 62.6 Å². The highest BCUT2D eigenvalue weighted by Gasteiger charge is 2.48. The number of methoxy groups -OCH3 is 1. The molecule has 35 heavy (non-hydrogen) atoms. The maximum atomic E-state index is 13.0. The number of phenols is 4. The Bertz CT molecular complexity index is 1430. The van der Waals surface area contributed by atoms with Crippen LogP contribution in [0.4, 0.5) is 0 Å². The summed E-state index contributed by atoms with van der Waals surface area (Å²) in [6.45, 7) is 1.36. The summed E-state index contributed by atoms with van der Waals surface area (Å²) >= 11 is 0. The number of hydrogen-bond donors (Lipinski definition) is 4. The quantitative estimate of drug-likeness (QED) is 0.387. The normalized spacial score (nSPS) is 18.1. The van der Waals surface area contributed by atoms with Crippen LogP contribution >= 0.6 is 0 Å². The van der Waals surface area contributed by atoms with E-state index in [-0.39, 0.29) is 57.8 Å². The van der Waals surface area contributed by atoms with Crippen LogP contribution < -0.4 is 10.4 Å². The maximum Gasteiger partial charge on any atom is 0.347 e. The van der Waals surface area contributed by atoms with Gasteiger partial charge in [-0.15, -0.1) is 0 Å². The second-order valence-electron chi connectivity index (χ2n) is 8.00. The Kier molecular flexibility index (Phi) is 6.10. The van der Waals surface area contributed by atoms with Crippen molar-refractivity contribution >= 4 is 29.6 Å². The van der Waals surface area contributed by atoms with Gasteiger partial charge in [0.05, 0.1) is 6.42 Å². The van der Waals surface area contributed by atoms with Gasteiger partial charge < -0.3 is 34.3 Å². The molecule has 2 aromatic carbocycles. The first kappa shape index (κ1) is 23.7. The summed E-state index contributed by atoms with van der Waals surface area (Å²) in [7, 11) is 1.34. The van der Waals surface area contributed by atoms with Gasteiger partial charge in [0.15, 0.2) is 23.0 Å². The predicted molar refractivity (Wildman–Crippen MR) is 127 cm³/mol. The van der Waals surface area contributed by atoms with E-state index in [1.54, 1.807) is 12.1 Å². The smallest absolute Gasteiger partial charge is 0.347 e. The van der Waals surface area contributed by atoms with E-state index < -0.39 is 11.4 Å². The Morgan fingerprint density at radius 2 is 1.57 bits per heavy atom. The molecule has 9 heteroatoms. The summed E-state index contributed by atoms with van der Waals surface area (Å²) in [6.07, 6.45) is 4.36. The van der Waals surface area contributed by atoms with Crippen molar-refractivity contribution in [2.24, 2.45) is 0 Å². The van der Waals surface area contributed by atoms with E-state index in [0.717, 1.165) is 0 Å². The SMILES string of the molecule is COC1(CC(C)=O)Oc2cc(/C=C/c3ccc(O)c(O)c3)oc(=O)c2/C1=C/c1ccc(O)c(O)c1. The monoisotopic (exact) mass is 478 g/mol. The lowest BCUT2D eigenvalue weighted by Crippen LogP contribution is -2.38. The van der Waals surface area contributed by atoms with Gasteiger partial charge in [0.1, 0.15) is 22.9 Å². The van der Waals surface area contributed by atoms with Gasteiger partial charge in [0, 0.05) is 18.7 Å². The molecule has 4 rings (SSSR count). The number of rotatable bonds is 6. The van der Waals surface area contributed by atoms with Gasteiger partial charge in [-0.3, -0.25) is 4.79 Å². The first-order valence-electron chi connectivity index (χ1n) is 10.5. The first-order valence-corrected chi connectivity index (χ1v) is 10.5. The molecule has 1 aliphatic rings. The van der Waals surface area contributed by atoms with E-state index in [1.807, 2.05) is 0 Å². The van der Waals surface area contributed by atoms with Crippen LogP contribution in [0.1, 0.15) is 35.8 Å². The minimum Gasteiger partial charge on any atom is -0.504 e. The molecular formula is C26H22O9. The number of fused-ring (bicyclic) bond motifs is 1. The zero-order valence-corrected chi connectivity index (χ0v) is 18.8. The van der Waals surface area contributed by atoms with Gasteiger partial charge in [-0.1, -0.05) is 18.2 Å². The maximum absolute atomic E-state index is 13.0. The molecule has 4 N–H and O–H groups in total. The molecule has 0 spiro atoms. The molecule has 0 fully saturated rings. The summed E-state index contributed by atoms with van der Waals surface area (Å²) in [4.78, 5) is 25.1. The summed E-state index contributed by atoms with van der Waals surface area (Å²) in [5.41, 5.74) is 0.502. The van der Waals surface area contributed by atoms with Crippen molar-refractivity contribution in [3.05, 3.63) is 75.3 Å². The van der Waals surface area contributed by atoms with E-state index in [4.69, 9.17) is 13.9 Å². The molecule has 0 saturated carbocycles. The topological polar surface area (TPSA) is 147 Å². The third-order valence-electron chi connectivity index (χ3n) is 5.45. The lowest BCUT2D eigenvalue weighted by atomic mass is 9.94. The van der Waals surface area contributed by atoms with Crippen molar-refractivity contribution in [1.82, 2.24) is 0 Å². The summed E-state index contributed by atoms with van der Waals surface area (Å²) < 4.78 is 17.1. The standard InChI is InChI=1S/C26H22O9/c1-14(27)13-26(33-2)18(9-16-5-8-20(29)22(31)11-16)24-23(35-26)12-17(34-25(24)32)6-3-15-4-7-19(28)21(30)10-15/h3-12,28-31H,13H2,1-2H3/b6-3+,18-9-. The molecule has 0 aliphatic carbocycles. The predicted octanol–water partition coefficient (Wildman–Crippen LogP) is 3.89. The minimum absolute atomic E-state index is 0.0556. The van der Waals surface area contributed by atoms with E-state index >= 15 is 0 Å². The van der Waals surface area contributed by atoms with E-state index in [0.29, 0.717) is 11.1 Å². The molecule has 1 atom stereocenters. The molecule has 0 radical (unpaired) electrons. The zero-order valence-electron chi connectivity index (χ0n) is 18.8. The zero-order chi connectivity index (χ0) is 25.3. The molecule has 3 aromatic rings. The van der Waals surface area contributed by atoms with Crippen molar-refractivity contribution in [1.29, 1.82) is 0 Å². The van der Waals surface area contributed by atoms with Gasteiger partial charge in [-0.2, -0.15) is 0 Å². The van der Waals surface area contributed by atoms with Crippen LogP contribution in [0.25, 0.3) is 23.8 Å². The van der Waals surface area contributed by atoms with Gasteiger partial charge in [0.2, 0.25) is 5.79 Å². The average Bonchev–Trinajstić information content (AvgIpc) is 3.10. The molecule has 0 amide bonds. The van der Waals surface area contributed by atoms with Crippen molar-refractivity contribution in [2.45, 2.75) is 19.1 Å². The van der Waals surface area contributed by atoms with E-state index in [9.17, 15) is 30.0 Å². The number of carbonyl (C=O) groups excluding carboxylic acids is 1. The number of ketones is 1. The molecular weight excluding hydrogens is 456 g/mol. The fraction of sp³-hybridized carbons (Fsp3) is 0.154. The number of benzene rings is 2. The minimum atomic E-state index is -1.61. The average molecular weight is 478 g/mol. The first-order chi connectivity index (χ1) is 16.6. The third kappa shape index (κ3) is 4.62. The van der Waals surface area contributed by atoms with Crippen LogP contribution in [0.15, 0.2) is 51.7 Å². The van der Waals surface area contributed by atoms with Crippen molar-refractivity contribution < 1.29 is 39.1 Å². The van der Waals surface area contributed by atoms with Crippen LogP contribution in [0.2, 0.25) is 0 Å². The second kappa shape index (κ2) is 9.03. The third-order valence-corrected chi connectivity index (χ3v) is 5.45. The molecule has 1 aromatic heterocycles. The highest BCUT2D eigenvalue weighted by Crippen LogP contribution is 2.46. The fourth-order valence-electron chi connectivity index (χ4n) is 3.80. The number of carbonyl (C=O) groups is 1. The summed E-state index contributed by atoms with van der Waals surface area (Å²) in [6, 6.07) is 9.78. The second-order valence-corrected chi connectivity index (χ2v) is 8.00. The number of phenolic OH excluding ortho intramolecular Hbond substituents is 4. The highest BCUT2D eigenvalue weighted by molar-refractivity contribution is 5.93. The van der Waals surface area contributed by atoms with Crippen molar-refractivity contribution in [2.75, 3.05) is 7.11 Å². The van der Waals surface area contributed by atoms with E-state index in [2.05, 4.69) is 0 Å². The Labute approximate surface area is 199 Å². The van der Waals surface area contributed by atoms with Crippen LogP contribution in [0.5, 0.6) is 28.7 Å².